The molecule has 0 nitrogen and oxygen atoms in total. The average molecular weight is 146 g/mol. The zero-order valence-corrected chi connectivity index (χ0v) is 7.01. The van der Waals surface area contributed by atoms with Gasteiger partial charge >= 0.3 is 0 Å². The summed E-state index contributed by atoms with van der Waals surface area (Å²) in [5.41, 5.74) is 2.75. The van der Waals surface area contributed by atoms with Crippen molar-refractivity contribution in [3.05, 3.63) is 48.1 Å². The molecular weight excluding hydrogens is 132 g/mol. The van der Waals surface area contributed by atoms with Gasteiger partial charge in [0.05, 0.1) is 0 Å². The molecule has 0 radical (unpaired) electrons. The molecule has 0 heterocycles. The van der Waals surface area contributed by atoms with Crippen molar-refractivity contribution >= 4 is 0 Å². The van der Waals surface area contributed by atoms with E-state index in [1.165, 1.54) is 24.0 Å². The molecule has 0 heteroatoms. The normalized spacial score (nSPS) is 24.5. The van der Waals surface area contributed by atoms with Crippen LogP contribution >= 0.6 is 0 Å². The maximum absolute atomic E-state index is 3.69. The third-order valence-electron chi connectivity index (χ3n) is 1.89. The van der Waals surface area contributed by atoms with Crippen molar-refractivity contribution < 1.29 is 0 Å². The van der Waals surface area contributed by atoms with E-state index in [0.717, 1.165) is 0 Å². The lowest BCUT2D eigenvalue weighted by atomic mass is 9.95. The fourth-order valence-corrected chi connectivity index (χ4v) is 1.30. The van der Waals surface area contributed by atoms with Gasteiger partial charge in [0.15, 0.2) is 0 Å². The minimum absolute atomic E-state index is 1.17. The first-order chi connectivity index (χ1) is 5.38. The van der Waals surface area contributed by atoms with Crippen LogP contribution in [0.25, 0.3) is 0 Å². The maximum atomic E-state index is 3.69. The van der Waals surface area contributed by atoms with E-state index in [2.05, 4.69) is 37.8 Å². The SMILES string of the molecule is C=C/C=C1/C=CCC/C1=C/C. The fraction of sp³-hybridized carbons (Fsp3) is 0.273. The van der Waals surface area contributed by atoms with Crippen LogP contribution in [0.15, 0.2) is 48.1 Å². The van der Waals surface area contributed by atoms with E-state index in [-0.39, 0.29) is 0 Å². The molecule has 0 unspecified atom stereocenters. The van der Waals surface area contributed by atoms with E-state index in [0.29, 0.717) is 0 Å². The summed E-state index contributed by atoms with van der Waals surface area (Å²) in [7, 11) is 0. The molecule has 0 fully saturated rings. The first kappa shape index (κ1) is 8.06. The Morgan fingerprint density at radius 1 is 1.55 bits per heavy atom. The Balaban J connectivity index is 2.90. The Bertz CT molecular complexity index is 226. The molecule has 1 rings (SSSR count). The topological polar surface area (TPSA) is 0 Å². The van der Waals surface area contributed by atoms with E-state index < -0.39 is 0 Å². The van der Waals surface area contributed by atoms with Gasteiger partial charge in [0, 0.05) is 0 Å². The van der Waals surface area contributed by atoms with Gasteiger partial charge in [-0.3, -0.25) is 0 Å². The summed E-state index contributed by atoms with van der Waals surface area (Å²) in [6.07, 6.45) is 12.8. The van der Waals surface area contributed by atoms with E-state index in [4.69, 9.17) is 0 Å². The highest BCUT2D eigenvalue weighted by Gasteiger charge is 2.03. The molecule has 0 saturated carbocycles. The third kappa shape index (κ3) is 1.94. The van der Waals surface area contributed by atoms with E-state index in [1.807, 2.05) is 6.08 Å². The highest BCUT2D eigenvalue weighted by atomic mass is 14.1. The van der Waals surface area contributed by atoms with Crippen molar-refractivity contribution in [3.63, 3.8) is 0 Å². The van der Waals surface area contributed by atoms with Gasteiger partial charge in [0.2, 0.25) is 0 Å². The van der Waals surface area contributed by atoms with Gasteiger partial charge in [-0.1, -0.05) is 37.0 Å². The quantitative estimate of drug-likeness (QED) is 0.532. The van der Waals surface area contributed by atoms with Gasteiger partial charge in [0.1, 0.15) is 0 Å². The molecular formula is C11H14. The number of hydrogen-bond acceptors (Lipinski definition) is 0. The molecule has 0 aromatic heterocycles. The third-order valence-corrected chi connectivity index (χ3v) is 1.89. The molecule has 0 spiro atoms. The van der Waals surface area contributed by atoms with Crippen molar-refractivity contribution in [2.75, 3.05) is 0 Å². The smallest absolute Gasteiger partial charge is 0.0231 e. The van der Waals surface area contributed by atoms with Crippen molar-refractivity contribution in [1.29, 1.82) is 0 Å². The summed E-state index contributed by atoms with van der Waals surface area (Å²) < 4.78 is 0. The number of hydrogen-bond donors (Lipinski definition) is 0. The van der Waals surface area contributed by atoms with Crippen LogP contribution in [0.1, 0.15) is 19.8 Å². The first-order valence-corrected chi connectivity index (χ1v) is 4.03. The molecule has 0 saturated heterocycles. The van der Waals surface area contributed by atoms with Gasteiger partial charge < -0.3 is 0 Å². The van der Waals surface area contributed by atoms with Crippen molar-refractivity contribution in [2.24, 2.45) is 0 Å². The van der Waals surface area contributed by atoms with Gasteiger partial charge in [-0.25, -0.2) is 0 Å². The van der Waals surface area contributed by atoms with Crippen LogP contribution in [-0.2, 0) is 0 Å². The molecule has 0 N–H and O–H groups in total. The second-order valence-corrected chi connectivity index (χ2v) is 2.61. The molecule has 58 valence electrons. The van der Waals surface area contributed by atoms with Crippen LogP contribution in [0.5, 0.6) is 0 Å². The highest BCUT2D eigenvalue weighted by molar-refractivity contribution is 5.43. The van der Waals surface area contributed by atoms with Crippen LogP contribution in [0.3, 0.4) is 0 Å². The largest absolute Gasteiger partial charge is 0.0990 e. The number of allylic oxidation sites excluding steroid dienone is 7. The molecule has 0 bridgehead atoms. The zero-order valence-electron chi connectivity index (χ0n) is 7.01. The Morgan fingerprint density at radius 2 is 2.36 bits per heavy atom. The lowest BCUT2D eigenvalue weighted by molar-refractivity contribution is 0.964. The van der Waals surface area contributed by atoms with Crippen LogP contribution in [0, 0.1) is 0 Å². The highest BCUT2D eigenvalue weighted by Crippen LogP contribution is 2.22. The summed E-state index contributed by atoms with van der Waals surface area (Å²) in [4.78, 5) is 0. The van der Waals surface area contributed by atoms with Gasteiger partial charge in [0.25, 0.3) is 0 Å². The molecule has 1 aliphatic carbocycles. The van der Waals surface area contributed by atoms with Gasteiger partial charge in [-0.2, -0.15) is 0 Å². The molecule has 0 atom stereocenters. The fourth-order valence-electron chi connectivity index (χ4n) is 1.30. The van der Waals surface area contributed by atoms with Gasteiger partial charge in [-0.05, 0) is 30.9 Å². The van der Waals surface area contributed by atoms with Crippen LogP contribution in [0.2, 0.25) is 0 Å². The van der Waals surface area contributed by atoms with E-state index >= 15 is 0 Å². The molecule has 11 heavy (non-hydrogen) atoms. The molecule has 0 amide bonds. The standard InChI is InChI=1S/C11H14/c1-3-7-11-9-6-5-8-10(11)4-2/h3-4,6-7,9H,1,5,8H2,2H3/b10-4-,11-7-. The minimum Gasteiger partial charge on any atom is -0.0990 e. The Kier molecular flexibility index (Phi) is 2.91. The average Bonchev–Trinajstić information content (AvgIpc) is 2.06. The van der Waals surface area contributed by atoms with E-state index in [1.54, 1.807) is 0 Å². The monoisotopic (exact) mass is 146 g/mol. The maximum Gasteiger partial charge on any atom is -0.0231 e. The Hall–Kier alpha value is -1.04. The summed E-state index contributed by atoms with van der Waals surface area (Å²) in [6, 6.07) is 0. The van der Waals surface area contributed by atoms with Crippen LogP contribution in [-0.4, -0.2) is 0 Å². The lowest BCUT2D eigenvalue weighted by Crippen LogP contribution is -1.91. The predicted octanol–water partition coefficient (Wildman–Crippen LogP) is 3.40. The molecule has 1 aliphatic rings. The van der Waals surface area contributed by atoms with Crippen LogP contribution in [0.4, 0.5) is 0 Å². The zero-order chi connectivity index (χ0) is 8.10. The number of rotatable bonds is 1. The Morgan fingerprint density at radius 3 is 3.00 bits per heavy atom. The second-order valence-electron chi connectivity index (χ2n) is 2.61. The molecule has 0 aromatic carbocycles. The Labute approximate surface area is 68.6 Å². The minimum atomic E-state index is 1.17. The molecule has 0 aliphatic heterocycles. The van der Waals surface area contributed by atoms with Gasteiger partial charge in [-0.15, -0.1) is 0 Å². The summed E-state index contributed by atoms with van der Waals surface area (Å²) >= 11 is 0. The summed E-state index contributed by atoms with van der Waals surface area (Å²) in [5.74, 6) is 0. The van der Waals surface area contributed by atoms with Crippen molar-refractivity contribution in [1.82, 2.24) is 0 Å². The second kappa shape index (κ2) is 3.97. The van der Waals surface area contributed by atoms with Crippen molar-refractivity contribution in [3.8, 4) is 0 Å². The van der Waals surface area contributed by atoms with E-state index in [9.17, 15) is 0 Å². The predicted molar refractivity (Wildman–Crippen MR) is 50.4 cm³/mol. The first-order valence-electron chi connectivity index (χ1n) is 4.03. The van der Waals surface area contributed by atoms with Crippen LogP contribution < -0.4 is 0 Å². The summed E-state index contributed by atoms with van der Waals surface area (Å²) in [5, 5.41) is 0. The summed E-state index contributed by atoms with van der Waals surface area (Å²) in [6.45, 7) is 5.77. The molecule has 0 aromatic rings. The lowest BCUT2D eigenvalue weighted by Gasteiger charge is -2.10. The van der Waals surface area contributed by atoms with Crippen molar-refractivity contribution in [2.45, 2.75) is 19.8 Å².